The summed E-state index contributed by atoms with van der Waals surface area (Å²) in [6, 6.07) is 19.5. The van der Waals surface area contributed by atoms with Gasteiger partial charge in [-0.3, -0.25) is 0 Å². The zero-order chi connectivity index (χ0) is 18.1. The van der Waals surface area contributed by atoms with Gasteiger partial charge >= 0.3 is 5.97 Å². The van der Waals surface area contributed by atoms with Crippen LogP contribution >= 0.6 is 0 Å². The molecule has 1 heterocycles. The second kappa shape index (κ2) is 6.25. The van der Waals surface area contributed by atoms with Crippen molar-refractivity contribution >= 4 is 39.6 Å². The fourth-order valence-electron chi connectivity index (χ4n) is 2.76. The number of guanidine groups is 1. The first-order chi connectivity index (χ1) is 12.6. The third-order valence-corrected chi connectivity index (χ3v) is 3.92. The normalized spacial score (nSPS) is 10.8. The predicted octanol–water partition coefficient (Wildman–Crippen LogP) is 3.71. The molecule has 0 aliphatic heterocycles. The molecule has 0 spiro atoms. The summed E-state index contributed by atoms with van der Waals surface area (Å²) in [6.07, 6.45) is 0. The Balaban J connectivity index is 1.61. The highest BCUT2D eigenvalue weighted by Gasteiger charge is 2.11. The molecule has 6 heteroatoms. The number of furan rings is 1. The smallest absolute Gasteiger partial charge is 0.343 e. The van der Waals surface area contributed by atoms with Gasteiger partial charge in [-0.15, -0.1) is 0 Å². The highest BCUT2D eigenvalue weighted by atomic mass is 16.5. The Morgan fingerprint density at radius 1 is 0.885 bits per heavy atom. The van der Waals surface area contributed by atoms with Gasteiger partial charge in [0.15, 0.2) is 5.96 Å². The number of carbonyl (C=O) groups excluding carboxylic acids is 1. The molecule has 0 bridgehead atoms. The highest BCUT2D eigenvalue weighted by Crippen LogP contribution is 2.31. The molecule has 6 nitrogen and oxygen atoms in total. The molecule has 1 aromatic heterocycles. The van der Waals surface area contributed by atoms with Gasteiger partial charge in [-0.1, -0.05) is 18.2 Å². The zero-order valence-electron chi connectivity index (χ0n) is 13.7. The van der Waals surface area contributed by atoms with Crippen LogP contribution in [0.5, 0.6) is 5.75 Å². The lowest BCUT2D eigenvalue weighted by Crippen LogP contribution is -2.21. The molecule has 0 radical (unpaired) electrons. The van der Waals surface area contributed by atoms with E-state index in [0.29, 0.717) is 17.0 Å². The summed E-state index contributed by atoms with van der Waals surface area (Å²) in [7, 11) is 0. The maximum atomic E-state index is 12.4. The van der Waals surface area contributed by atoms with Gasteiger partial charge in [0.1, 0.15) is 16.9 Å². The van der Waals surface area contributed by atoms with Crippen molar-refractivity contribution in [3.63, 3.8) is 0 Å². The highest BCUT2D eigenvalue weighted by molar-refractivity contribution is 6.05. The molecule has 0 atom stereocenters. The molecule has 4 rings (SSSR count). The average Bonchev–Trinajstić information content (AvgIpc) is 3.00. The molecule has 0 unspecified atom stereocenters. The standard InChI is InChI=1S/C20H15N3O3/c21-20(22)23-13-7-5-12(6-8-13)19(24)25-14-9-10-18-16(11-14)15-3-1-2-4-17(15)26-18/h1-11H,(H4,21,22,23). The van der Waals surface area contributed by atoms with E-state index in [1.807, 2.05) is 24.3 Å². The van der Waals surface area contributed by atoms with Gasteiger partial charge in [0, 0.05) is 10.8 Å². The zero-order valence-corrected chi connectivity index (χ0v) is 13.7. The molecule has 4 N–H and O–H groups in total. The van der Waals surface area contributed by atoms with Crippen LogP contribution in [0.4, 0.5) is 5.69 Å². The Kier molecular flexibility index (Phi) is 3.78. The van der Waals surface area contributed by atoms with Crippen LogP contribution in [-0.4, -0.2) is 11.9 Å². The number of carbonyl (C=O) groups is 1. The van der Waals surface area contributed by atoms with Gasteiger partial charge < -0.3 is 20.6 Å². The largest absolute Gasteiger partial charge is 0.456 e. The number of aliphatic imine (C=N–C) groups is 1. The molecule has 26 heavy (non-hydrogen) atoms. The third-order valence-electron chi connectivity index (χ3n) is 3.92. The number of benzene rings is 3. The molecule has 0 saturated heterocycles. The number of hydrogen-bond acceptors (Lipinski definition) is 4. The van der Waals surface area contributed by atoms with Crippen LogP contribution in [0.1, 0.15) is 10.4 Å². The number of esters is 1. The van der Waals surface area contributed by atoms with E-state index in [2.05, 4.69) is 4.99 Å². The van der Waals surface area contributed by atoms with E-state index in [1.54, 1.807) is 42.5 Å². The first-order valence-electron chi connectivity index (χ1n) is 7.93. The van der Waals surface area contributed by atoms with E-state index in [9.17, 15) is 4.79 Å². The molecule has 0 amide bonds. The molecule has 128 valence electrons. The van der Waals surface area contributed by atoms with Crippen molar-refractivity contribution in [1.82, 2.24) is 0 Å². The van der Waals surface area contributed by atoms with Crippen LogP contribution in [0.25, 0.3) is 21.9 Å². The van der Waals surface area contributed by atoms with E-state index in [4.69, 9.17) is 20.6 Å². The molecular formula is C20H15N3O3. The summed E-state index contributed by atoms with van der Waals surface area (Å²) in [5.41, 5.74) is 13.2. The lowest BCUT2D eigenvalue weighted by molar-refractivity contribution is 0.0735. The Bertz CT molecular complexity index is 1140. The summed E-state index contributed by atoms with van der Waals surface area (Å²) in [5, 5.41) is 1.87. The van der Waals surface area contributed by atoms with Crippen LogP contribution in [-0.2, 0) is 0 Å². The van der Waals surface area contributed by atoms with Gasteiger partial charge in [0.2, 0.25) is 0 Å². The second-order valence-corrected chi connectivity index (χ2v) is 5.73. The van der Waals surface area contributed by atoms with Crippen molar-refractivity contribution in [1.29, 1.82) is 0 Å². The van der Waals surface area contributed by atoms with Crippen molar-refractivity contribution in [2.75, 3.05) is 0 Å². The number of nitrogens with zero attached hydrogens (tertiary/aromatic N) is 1. The minimum atomic E-state index is -0.464. The van der Waals surface area contributed by atoms with Gasteiger partial charge in [0.25, 0.3) is 0 Å². The maximum absolute atomic E-state index is 12.4. The third kappa shape index (κ3) is 2.95. The van der Waals surface area contributed by atoms with Gasteiger partial charge in [-0.2, -0.15) is 0 Å². The molecule has 0 aliphatic rings. The SMILES string of the molecule is NC(N)=Nc1ccc(C(=O)Oc2ccc3oc4ccccc4c3c2)cc1. The summed E-state index contributed by atoms with van der Waals surface area (Å²) < 4.78 is 11.3. The van der Waals surface area contributed by atoms with Crippen molar-refractivity contribution in [3.05, 3.63) is 72.3 Å². The van der Waals surface area contributed by atoms with Crippen molar-refractivity contribution in [2.24, 2.45) is 16.5 Å². The van der Waals surface area contributed by atoms with Crippen molar-refractivity contribution in [3.8, 4) is 5.75 Å². The number of ether oxygens (including phenoxy) is 1. The minimum absolute atomic E-state index is 0.0408. The van der Waals surface area contributed by atoms with Crippen molar-refractivity contribution in [2.45, 2.75) is 0 Å². The monoisotopic (exact) mass is 345 g/mol. The maximum Gasteiger partial charge on any atom is 0.343 e. The number of hydrogen-bond donors (Lipinski definition) is 2. The van der Waals surface area contributed by atoms with E-state index >= 15 is 0 Å². The topological polar surface area (TPSA) is 104 Å². The summed E-state index contributed by atoms with van der Waals surface area (Å²) in [6.45, 7) is 0. The van der Waals surface area contributed by atoms with E-state index in [0.717, 1.165) is 21.9 Å². The Labute approximate surface area is 148 Å². The quantitative estimate of drug-likeness (QED) is 0.255. The molecule has 4 aromatic rings. The number of rotatable bonds is 3. The van der Waals surface area contributed by atoms with E-state index in [1.165, 1.54) is 0 Å². The van der Waals surface area contributed by atoms with Crippen LogP contribution < -0.4 is 16.2 Å². The van der Waals surface area contributed by atoms with Gasteiger partial charge in [0.05, 0.1) is 11.3 Å². The molecule has 0 saturated carbocycles. The lowest BCUT2D eigenvalue weighted by atomic mass is 10.1. The van der Waals surface area contributed by atoms with Crippen molar-refractivity contribution < 1.29 is 13.9 Å². The van der Waals surface area contributed by atoms with Crippen LogP contribution in [0.15, 0.2) is 76.1 Å². The first kappa shape index (κ1) is 15.7. The first-order valence-corrected chi connectivity index (χ1v) is 7.93. The molecular weight excluding hydrogens is 330 g/mol. The second-order valence-electron chi connectivity index (χ2n) is 5.73. The Morgan fingerprint density at radius 3 is 2.38 bits per heavy atom. The molecule has 3 aromatic carbocycles. The summed E-state index contributed by atoms with van der Waals surface area (Å²) >= 11 is 0. The number of para-hydroxylation sites is 1. The lowest BCUT2D eigenvalue weighted by Gasteiger charge is -2.05. The van der Waals surface area contributed by atoms with Crippen LogP contribution in [0, 0.1) is 0 Å². The molecule has 0 aliphatic carbocycles. The van der Waals surface area contributed by atoms with Gasteiger partial charge in [-0.05, 0) is 48.5 Å². The minimum Gasteiger partial charge on any atom is -0.456 e. The fourth-order valence-corrected chi connectivity index (χ4v) is 2.76. The average molecular weight is 345 g/mol. The predicted molar refractivity (Wildman–Crippen MR) is 101 cm³/mol. The Morgan fingerprint density at radius 2 is 1.62 bits per heavy atom. The van der Waals surface area contributed by atoms with Crippen LogP contribution in [0.3, 0.4) is 0 Å². The van der Waals surface area contributed by atoms with E-state index < -0.39 is 5.97 Å². The Hall–Kier alpha value is -3.80. The summed E-state index contributed by atoms with van der Waals surface area (Å²) in [5.74, 6) is -0.0586. The number of fused-ring (bicyclic) bond motifs is 3. The summed E-state index contributed by atoms with van der Waals surface area (Å²) in [4.78, 5) is 16.3. The van der Waals surface area contributed by atoms with Gasteiger partial charge in [-0.25, -0.2) is 9.79 Å². The fraction of sp³-hybridized carbons (Fsp3) is 0. The van der Waals surface area contributed by atoms with Crippen LogP contribution in [0.2, 0.25) is 0 Å². The van der Waals surface area contributed by atoms with E-state index in [-0.39, 0.29) is 5.96 Å². The molecule has 0 fully saturated rings. The number of nitrogens with two attached hydrogens (primary N) is 2.